The van der Waals surface area contributed by atoms with Crippen molar-refractivity contribution in [2.24, 2.45) is 0 Å². The first-order valence-electron chi connectivity index (χ1n) is 6.51. The molecule has 1 aromatic rings. The number of ether oxygens (including phenoxy) is 1. The van der Waals surface area contributed by atoms with Gasteiger partial charge in [0.05, 0.1) is 18.1 Å². The zero-order chi connectivity index (χ0) is 15.0. The summed E-state index contributed by atoms with van der Waals surface area (Å²) in [4.78, 5) is 11.1. The molecule has 0 saturated heterocycles. The van der Waals surface area contributed by atoms with Gasteiger partial charge in [-0.2, -0.15) is 0 Å². The molecule has 1 atom stereocenters. The summed E-state index contributed by atoms with van der Waals surface area (Å²) >= 11 is 5.02. The van der Waals surface area contributed by atoms with Gasteiger partial charge in [-0.05, 0) is 38.3 Å². The number of unbranched alkanes of at least 4 members (excludes halogenated alkanes) is 2. The summed E-state index contributed by atoms with van der Waals surface area (Å²) in [6, 6.07) is 7.21. The lowest BCUT2D eigenvalue weighted by Gasteiger charge is -2.08. The van der Waals surface area contributed by atoms with Crippen molar-refractivity contribution in [1.82, 2.24) is 0 Å². The molecule has 0 amide bonds. The van der Waals surface area contributed by atoms with Crippen LogP contribution in [0.1, 0.15) is 31.7 Å². The molecule has 0 heterocycles. The molecule has 112 valence electrons. The van der Waals surface area contributed by atoms with E-state index in [1.807, 2.05) is 19.1 Å². The van der Waals surface area contributed by atoms with Gasteiger partial charge in [0, 0.05) is 18.1 Å². The molecule has 1 unspecified atom stereocenters. The van der Waals surface area contributed by atoms with Crippen molar-refractivity contribution in [1.29, 1.82) is 0 Å². The van der Waals surface area contributed by atoms with Crippen molar-refractivity contribution in [3.05, 3.63) is 29.8 Å². The standard InChI is InChI=1S/C14H20O4S2/c1-12-6-8-14(9-7-12)20(16,19)18-11-5-3-4-10-17-13(2)15/h6-9H,3-5,10-11H2,1-2H3. The van der Waals surface area contributed by atoms with Crippen LogP contribution >= 0.6 is 0 Å². The highest BCUT2D eigenvalue weighted by molar-refractivity contribution is 8.30. The Bertz CT molecular complexity index is 521. The van der Waals surface area contributed by atoms with Gasteiger partial charge >= 0.3 is 5.97 Å². The summed E-state index contributed by atoms with van der Waals surface area (Å²) in [5.41, 5.74) is 1.09. The van der Waals surface area contributed by atoms with Crippen LogP contribution < -0.4 is 0 Å². The van der Waals surface area contributed by atoms with E-state index in [1.54, 1.807) is 12.1 Å². The van der Waals surface area contributed by atoms with Gasteiger partial charge in [0.1, 0.15) is 0 Å². The maximum atomic E-state index is 12.2. The zero-order valence-corrected chi connectivity index (χ0v) is 13.4. The summed E-state index contributed by atoms with van der Waals surface area (Å²) in [7, 11) is -2.84. The smallest absolute Gasteiger partial charge is 0.302 e. The van der Waals surface area contributed by atoms with Crippen LogP contribution in [0.2, 0.25) is 0 Å². The molecular formula is C14H20O4S2. The molecule has 0 aliphatic carbocycles. The Morgan fingerprint density at radius 3 is 2.35 bits per heavy atom. The summed E-state index contributed by atoms with van der Waals surface area (Å²) in [6.45, 7) is 4.10. The molecule has 0 spiro atoms. The highest BCUT2D eigenvalue weighted by Crippen LogP contribution is 2.14. The molecule has 0 fully saturated rings. The quantitative estimate of drug-likeness (QED) is 0.545. The monoisotopic (exact) mass is 316 g/mol. The van der Waals surface area contributed by atoms with Crippen molar-refractivity contribution in [3.63, 3.8) is 0 Å². The lowest BCUT2D eigenvalue weighted by Crippen LogP contribution is -2.07. The molecule has 0 aliphatic rings. The highest BCUT2D eigenvalue weighted by Gasteiger charge is 2.09. The number of esters is 1. The van der Waals surface area contributed by atoms with Crippen LogP contribution in [0.4, 0.5) is 0 Å². The van der Waals surface area contributed by atoms with Gasteiger partial charge in [0.15, 0.2) is 8.77 Å². The van der Waals surface area contributed by atoms with E-state index in [9.17, 15) is 9.00 Å². The predicted octanol–water partition coefficient (Wildman–Crippen LogP) is 2.77. The molecule has 0 saturated carbocycles. The fourth-order valence-corrected chi connectivity index (χ4v) is 3.02. The van der Waals surface area contributed by atoms with Gasteiger partial charge in [-0.3, -0.25) is 8.98 Å². The number of hydrogen-bond acceptors (Lipinski definition) is 5. The Hall–Kier alpha value is -0.980. The molecule has 1 aromatic carbocycles. The molecule has 4 nitrogen and oxygen atoms in total. The number of aryl methyl sites for hydroxylation is 1. The number of hydrogen-bond donors (Lipinski definition) is 0. The van der Waals surface area contributed by atoms with Crippen molar-refractivity contribution in [3.8, 4) is 0 Å². The number of rotatable bonds is 8. The first-order chi connectivity index (χ1) is 9.42. The maximum absolute atomic E-state index is 12.2. The molecule has 0 aliphatic heterocycles. The Balaban J connectivity index is 2.27. The lowest BCUT2D eigenvalue weighted by molar-refractivity contribution is -0.141. The van der Waals surface area contributed by atoms with E-state index in [-0.39, 0.29) is 5.97 Å². The van der Waals surface area contributed by atoms with E-state index in [1.165, 1.54) is 6.92 Å². The summed E-state index contributed by atoms with van der Waals surface area (Å²) in [5.74, 6) is -0.269. The molecule has 6 heteroatoms. The molecule has 0 bridgehead atoms. The maximum Gasteiger partial charge on any atom is 0.302 e. The van der Waals surface area contributed by atoms with Crippen molar-refractivity contribution in [2.75, 3.05) is 13.2 Å². The molecule has 0 N–H and O–H groups in total. The fourth-order valence-electron chi connectivity index (χ4n) is 1.54. The number of carbonyl (C=O) groups excluding carboxylic acids is 1. The average Bonchev–Trinajstić information content (AvgIpc) is 2.37. The van der Waals surface area contributed by atoms with Crippen molar-refractivity contribution >= 4 is 25.9 Å². The minimum Gasteiger partial charge on any atom is -0.466 e. The second kappa shape index (κ2) is 8.34. The minimum atomic E-state index is -2.84. The van der Waals surface area contributed by atoms with Crippen LogP contribution in [0.25, 0.3) is 0 Å². The largest absolute Gasteiger partial charge is 0.466 e. The van der Waals surface area contributed by atoms with Crippen molar-refractivity contribution < 1.29 is 17.9 Å². The highest BCUT2D eigenvalue weighted by atomic mass is 32.8. The number of carbonyl (C=O) groups is 1. The van der Waals surface area contributed by atoms with Gasteiger partial charge in [-0.1, -0.05) is 17.7 Å². The first-order valence-corrected chi connectivity index (χ1v) is 8.92. The van der Waals surface area contributed by atoms with Crippen LogP contribution in [0.15, 0.2) is 29.2 Å². The normalized spacial score (nSPS) is 13.7. The molecule has 0 radical (unpaired) electrons. The van der Waals surface area contributed by atoms with Crippen LogP contribution in [0, 0.1) is 6.92 Å². The van der Waals surface area contributed by atoms with Gasteiger partial charge in [-0.25, -0.2) is 4.21 Å². The van der Waals surface area contributed by atoms with Gasteiger partial charge < -0.3 is 4.74 Å². The SMILES string of the molecule is CC(=O)OCCCCCOS(=O)(=S)c1ccc(C)cc1. The van der Waals surface area contributed by atoms with Crippen LogP contribution in [0.5, 0.6) is 0 Å². The van der Waals surface area contributed by atoms with Gasteiger partial charge in [0.2, 0.25) is 0 Å². The van der Waals surface area contributed by atoms with Crippen LogP contribution in [0.3, 0.4) is 0 Å². The lowest BCUT2D eigenvalue weighted by atomic mass is 10.2. The van der Waals surface area contributed by atoms with E-state index in [0.29, 0.717) is 18.1 Å². The molecule has 20 heavy (non-hydrogen) atoms. The minimum absolute atomic E-state index is 0.269. The third-order valence-corrected chi connectivity index (χ3v) is 4.83. The van der Waals surface area contributed by atoms with E-state index in [2.05, 4.69) is 0 Å². The van der Waals surface area contributed by atoms with Gasteiger partial charge in [-0.15, -0.1) is 0 Å². The van der Waals surface area contributed by atoms with E-state index in [0.717, 1.165) is 24.8 Å². The van der Waals surface area contributed by atoms with E-state index in [4.69, 9.17) is 20.1 Å². The second-order valence-corrected chi connectivity index (χ2v) is 7.42. The number of benzene rings is 1. The van der Waals surface area contributed by atoms with E-state index < -0.39 is 8.77 Å². The van der Waals surface area contributed by atoms with Crippen LogP contribution in [-0.4, -0.2) is 23.4 Å². The molecule has 1 rings (SSSR count). The Morgan fingerprint density at radius 1 is 1.15 bits per heavy atom. The Labute approximate surface area is 125 Å². The topological polar surface area (TPSA) is 52.6 Å². The van der Waals surface area contributed by atoms with Crippen molar-refractivity contribution in [2.45, 2.75) is 38.0 Å². The summed E-state index contributed by atoms with van der Waals surface area (Å²) in [6.07, 6.45) is 2.35. The Morgan fingerprint density at radius 2 is 1.75 bits per heavy atom. The van der Waals surface area contributed by atoms with E-state index >= 15 is 0 Å². The Kier molecular flexibility index (Phi) is 7.12. The third-order valence-electron chi connectivity index (χ3n) is 2.64. The summed E-state index contributed by atoms with van der Waals surface area (Å²) in [5, 5.41) is 0. The zero-order valence-electron chi connectivity index (χ0n) is 11.8. The van der Waals surface area contributed by atoms with Gasteiger partial charge in [0.25, 0.3) is 0 Å². The summed E-state index contributed by atoms with van der Waals surface area (Å²) < 4.78 is 22.3. The molecule has 0 aromatic heterocycles. The third kappa shape index (κ3) is 6.45. The van der Waals surface area contributed by atoms with Crippen LogP contribution in [-0.2, 0) is 33.7 Å². The predicted molar refractivity (Wildman–Crippen MR) is 81.4 cm³/mol. The first kappa shape index (κ1) is 17.1. The molecular weight excluding hydrogens is 296 g/mol. The average molecular weight is 316 g/mol. The fraction of sp³-hybridized carbons (Fsp3) is 0.500. The second-order valence-electron chi connectivity index (χ2n) is 4.49.